The van der Waals surface area contributed by atoms with Crippen molar-refractivity contribution in [2.24, 2.45) is 7.05 Å². The molecule has 1 amide bonds. The van der Waals surface area contributed by atoms with Crippen molar-refractivity contribution in [3.05, 3.63) is 70.9 Å². The molecule has 0 aliphatic carbocycles. The van der Waals surface area contributed by atoms with E-state index in [1.54, 1.807) is 11.8 Å². The third-order valence-corrected chi connectivity index (χ3v) is 7.12. The van der Waals surface area contributed by atoms with E-state index in [9.17, 15) is 4.79 Å². The van der Waals surface area contributed by atoms with Crippen LogP contribution in [0.2, 0.25) is 0 Å². The number of carbonyl (C=O) groups is 1. The highest BCUT2D eigenvalue weighted by atomic mass is 32.2. The molecule has 154 valence electrons. The zero-order valence-electron chi connectivity index (χ0n) is 17.5. The summed E-state index contributed by atoms with van der Waals surface area (Å²) >= 11 is 1.80. The van der Waals surface area contributed by atoms with Gasteiger partial charge in [-0.05, 0) is 24.6 Å². The Kier molecular flexibility index (Phi) is 5.13. The summed E-state index contributed by atoms with van der Waals surface area (Å²) in [6.45, 7) is 6.34. The Hall–Kier alpha value is -2.57. The number of rotatable bonds is 3. The monoisotopic (exact) mass is 418 g/mol. The minimum atomic E-state index is 0.0721. The Bertz CT molecular complexity index is 1080. The molecule has 2 aromatic carbocycles. The van der Waals surface area contributed by atoms with Gasteiger partial charge in [0.2, 0.25) is 0 Å². The number of fused-ring (bicyclic) bond motifs is 3. The van der Waals surface area contributed by atoms with Crippen molar-refractivity contribution in [1.29, 1.82) is 0 Å². The van der Waals surface area contributed by atoms with Gasteiger partial charge in [0, 0.05) is 61.5 Å². The van der Waals surface area contributed by atoms with E-state index < -0.39 is 0 Å². The van der Waals surface area contributed by atoms with Crippen LogP contribution >= 0.6 is 11.8 Å². The lowest BCUT2D eigenvalue weighted by molar-refractivity contribution is 0.0621. The maximum absolute atomic E-state index is 13.4. The number of aromatic nitrogens is 2. The summed E-state index contributed by atoms with van der Waals surface area (Å²) in [5, 5.41) is 4.68. The van der Waals surface area contributed by atoms with Crippen molar-refractivity contribution in [2.45, 2.75) is 24.1 Å². The lowest BCUT2D eigenvalue weighted by atomic mass is 10.0. The van der Waals surface area contributed by atoms with Gasteiger partial charge >= 0.3 is 0 Å². The minimum Gasteiger partial charge on any atom is -0.335 e. The molecule has 3 aromatic rings. The van der Waals surface area contributed by atoms with Crippen molar-refractivity contribution in [2.75, 3.05) is 26.2 Å². The largest absolute Gasteiger partial charge is 0.335 e. The summed E-state index contributed by atoms with van der Waals surface area (Å²) in [5.74, 6) is 0.872. The summed E-state index contributed by atoms with van der Waals surface area (Å²) in [6.07, 6.45) is 0. The zero-order chi connectivity index (χ0) is 20.7. The first kappa shape index (κ1) is 19.4. The first-order chi connectivity index (χ1) is 14.6. The Morgan fingerprint density at radius 3 is 2.60 bits per heavy atom. The fourth-order valence-electron chi connectivity index (χ4n) is 4.42. The van der Waals surface area contributed by atoms with Crippen LogP contribution in [0.15, 0.2) is 53.4 Å². The molecule has 0 spiro atoms. The van der Waals surface area contributed by atoms with E-state index in [1.165, 1.54) is 21.6 Å². The molecule has 2 aliphatic heterocycles. The molecule has 1 aromatic heterocycles. The van der Waals surface area contributed by atoms with Crippen LogP contribution in [0.25, 0.3) is 11.3 Å². The lowest BCUT2D eigenvalue weighted by Crippen LogP contribution is -2.48. The normalized spacial score (nSPS) is 16.3. The first-order valence-corrected chi connectivity index (χ1v) is 11.4. The zero-order valence-corrected chi connectivity index (χ0v) is 18.3. The van der Waals surface area contributed by atoms with E-state index in [1.807, 2.05) is 22.7 Å². The molecule has 0 bridgehead atoms. The Morgan fingerprint density at radius 1 is 1.07 bits per heavy atom. The maximum Gasteiger partial charge on any atom is 0.274 e. The van der Waals surface area contributed by atoms with E-state index in [0.717, 1.165) is 49.7 Å². The van der Waals surface area contributed by atoms with Crippen LogP contribution < -0.4 is 0 Å². The molecular formula is C24H26N4OS. The molecule has 0 atom stereocenters. The Balaban J connectivity index is 1.33. The van der Waals surface area contributed by atoms with Crippen LogP contribution in [0, 0.1) is 6.92 Å². The molecule has 0 radical (unpaired) electrons. The van der Waals surface area contributed by atoms with Gasteiger partial charge < -0.3 is 4.90 Å². The average Bonchev–Trinajstić information content (AvgIpc) is 3.11. The summed E-state index contributed by atoms with van der Waals surface area (Å²) in [6, 6.07) is 17.1. The molecule has 30 heavy (non-hydrogen) atoms. The summed E-state index contributed by atoms with van der Waals surface area (Å²) < 4.78 is 1.90. The van der Waals surface area contributed by atoms with Crippen LogP contribution in [0.3, 0.4) is 0 Å². The van der Waals surface area contributed by atoms with Crippen molar-refractivity contribution in [1.82, 2.24) is 19.6 Å². The van der Waals surface area contributed by atoms with Crippen LogP contribution in [0.1, 0.15) is 27.2 Å². The third kappa shape index (κ3) is 3.55. The van der Waals surface area contributed by atoms with Crippen LogP contribution in [-0.2, 0) is 19.3 Å². The Labute approximate surface area is 181 Å². The summed E-state index contributed by atoms with van der Waals surface area (Å²) in [5.41, 5.74) is 6.55. The van der Waals surface area contributed by atoms with E-state index in [-0.39, 0.29) is 5.91 Å². The van der Waals surface area contributed by atoms with Gasteiger partial charge in [0.1, 0.15) is 0 Å². The van der Waals surface area contributed by atoms with Gasteiger partial charge in [0.05, 0.1) is 5.69 Å². The van der Waals surface area contributed by atoms with Gasteiger partial charge in [-0.25, -0.2) is 0 Å². The number of piperazine rings is 1. The van der Waals surface area contributed by atoms with Gasteiger partial charge in [0.15, 0.2) is 5.69 Å². The molecule has 6 heteroatoms. The third-order valence-electron chi connectivity index (χ3n) is 6.02. The fourth-order valence-corrected chi connectivity index (χ4v) is 5.47. The number of hydrogen-bond acceptors (Lipinski definition) is 4. The molecule has 1 saturated heterocycles. The second kappa shape index (κ2) is 7.93. The fraction of sp³-hybridized carbons (Fsp3) is 0.333. The van der Waals surface area contributed by atoms with Crippen molar-refractivity contribution >= 4 is 17.7 Å². The van der Waals surface area contributed by atoms with Gasteiger partial charge in [-0.2, -0.15) is 5.10 Å². The highest BCUT2D eigenvalue weighted by Crippen LogP contribution is 2.43. The Morgan fingerprint density at radius 2 is 1.83 bits per heavy atom. The predicted molar refractivity (Wildman–Crippen MR) is 121 cm³/mol. The average molecular weight is 419 g/mol. The SMILES string of the molecule is Cc1ccc2c(c1)-c1c(c(C(=O)N3CCN(Cc4ccccc4)CC3)nn1C)CS2. The van der Waals surface area contributed by atoms with E-state index in [2.05, 4.69) is 59.4 Å². The van der Waals surface area contributed by atoms with Crippen LogP contribution in [-0.4, -0.2) is 51.7 Å². The number of hydrogen-bond donors (Lipinski definition) is 0. The molecule has 0 unspecified atom stereocenters. The van der Waals surface area contributed by atoms with Gasteiger partial charge in [0.25, 0.3) is 5.91 Å². The molecule has 1 fully saturated rings. The molecular weight excluding hydrogens is 392 g/mol. The smallest absolute Gasteiger partial charge is 0.274 e. The lowest BCUT2D eigenvalue weighted by Gasteiger charge is -2.34. The highest BCUT2D eigenvalue weighted by molar-refractivity contribution is 7.98. The van der Waals surface area contributed by atoms with E-state index in [4.69, 9.17) is 0 Å². The maximum atomic E-state index is 13.4. The molecule has 0 saturated carbocycles. The number of benzene rings is 2. The molecule has 5 nitrogen and oxygen atoms in total. The quantitative estimate of drug-likeness (QED) is 0.646. The highest BCUT2D eigenvalue weighted by Gasteiger charge is 2.31. The van der Waals surface area contributed by atoms with Gasteiger partial charge in [-0.15, -0.1) is 11.8 Å². The van der Waals surface area contributed by atoms with E-state index in [0.29, 0.717) is 5.69 Å². The molecule has 0 N–H and O–H groups in total. The first-order valence-electron chi connectivity index (χ1n) is 10.5. The van der Waals surface area contributed by atoms with Gasteiger partial charge in [-0.3, -0.25) is 14.4 Å². The molecule has 3 heterocycles. The van der Waals surface area contributed by atoms with Crippen molar-refractivity contribution < 1.29 is 4.79 Å². The number of amides is 1. The van der Waals surface area contributed by atoms with Crippen molar-refractivity contribution in [3.63, 3.8) is 0 Å². The number of carbonyl (C=O) groups excluding carboxylic acids is 1. The van der Waals surface area contributed by atoms with E-state index >= 15 is 0 Å². The summed E-state index contributed by atoms with van der Waals surface area (Å²) in [4.78, 5) is 19.0. The predicted octanol–water partition coefficient (Wildman–Crippen LogP) is 3.96. The number of thioether (sulfide) groups is 1. The standard InChI is InChI=1S/C24H26N4OS/c1-17-8-9-21-19(14-17)23-20(16-30-21)22(25-26(23)2)24(29)28-12-10-27(11-13-28)15-18-6-4-3-5-7-18/h3-9,14H,10-13,15-16H2,1-2H3. The van der Waals surface area contributed by atoms with Crippen LogP contribution in [0.4, 0.5) is 0 Å². The second-order valence-corrected chi connectivity index (χ2v) is 9.16. The van der Waals surface area contributed by atoms with Crippen LogP contribution in [0.5, 0.6) is 0 Å². The number of nitrogens with zero attached hydrogens (tertiary/aromatic N) is 4. The van der Waals surface area contributed by atoms with Crippen molar-refractivity contribution in [3.8, 4) is 11.3 Å². The molecule has 5 rings (SSSR count). The summed E-state index contributed by atoms with van der Waals surface area (Å²) in [7, 11) is 1.95. The topological polar surface area (TPSA) is 41.4 Å². The van der Waals surface area contributed by atoms with Gasteiger partial charge in [-0.1, -0.05) is 42.0 Å². The second-order valence-electron chi connectivity index (χ2n) is 8.14. The minimum absolute atomic E-state index is 0.0721. The molecule has 2 aliphatic rings. The number of aryl methyl sites for hydroxylation is 2.